The molecule has 0 aliphatic carbocycles. The lowest BCUT2D eigenvalue weighted by molar-refractivity contribution is -0.197. The first-order valence-corrected chi connectivity index (χ1v) is 11.1. The van der Waals surface area contributed by atoms with E-state index < -0.39 is 17.8 Å². The molecule has 1 fully saturated rings. The van der Waals surface area contributed by atoms with E-state index in [4.69, 9.17) is 16.3 Å². The second kappa shape index (κ2) is 11.7. The maximum Gasteiger partial charge on any atom is 0.333 e. The number of hydrogen-bond acceptors (Lipinski definition) is 7. The SMILES string of the molecule is NC(N)=NCNC(=O)CCCc1cnc2cc(CCCC(=O)ON3C(=O)CCC3=O)ccc2c1. The molecule has 0 radical (unpaired) electrons. The highest BCUT2D eigenvalue weighted by Gasteiger charge is 2.32. The average Bonchev–Trinajstić information content (AvgIpc) is 3.11. The van der Waals surface area contributed by atoms with Crippen LogP contribution < -0.4 is 16.8 Å². The van der Waals surface area contributed by atoms with Gasteiger partial charge in [0, 0.05) is 37.3 Å². The van der Waals surface area contributed by atoms with E-state index in [1.165, 1.54) is 0 Å². The molecule has 0 spiro atoms. The number of guanidine groups is 1. The Kier molecular flexibility index (Phi) is 8.49. The van der Waals surface area contributed by atoms with E-state index in [0.29, 0.717) is 37.2 Å². The zero-order valence-corrected chi connectivity index (χ0v) is 18.8. The van der Waals surface area contributed by atoms with Gasteiger partial charge in [0.05, 0.1) is 5.52 Å². The van der Waals surface area contributed by atoms with Gasteiger partial charge in [0.15, 0.2) is 5.96 Å². The summed E-state index contributed by atoms with van der Waals surface area (Å²) in [5.41, 5.74) is 13.3. The molecule has 2 aromatic rings. The lowest BCUT2D eigenvalue weighted by atomic mass is 10.0. The molecule has 3 amide bonds. The number of hydroxylamine groups is 2. The third kappa shape index (κ3) is 7.26. The Bertz CT molecular complexity index is 1100. The molecule has 1 aromatic carbocycles. The van der Waals surface area contributed by atoms with Crippen LogP contribution >= 0.6 is 0 Å². The molecule has 1 aliphatic rings. The zero-order valence-electron chi connectivity index (χ0n) is 18.8. The molecule has 0 unspecified atom stereocenters. The van der Waals surface area contributed by atoms with Crippen LogP contribution in [0.1, 0.15) is 49.7 Å². The number of pyridine rings is 1. The summed E-state index contributed by atoms with van der Waals surface area (Å²) in [5, 5.41) is 4.18. The number of amides is 3. The maximum atomic E-state index is 11.9. The van der Waals surface area contributed by atoms with Crippen LogP contribution in [-0.2, 0) is 36.9 Å². The molecule has 5 N–H and O–H groups in total. The average molecular weight is 469 g/mol. The van der Waals surface area contributed by atoms with Crippen molar-refractivity contribution in [2.45, 2.75) is 51.4 Å². The minimum atomic E-state index is -0.600. The summed E-state index contributed by atoms with van der Waals surface area (Å²) in [4.78, 5) is 59.8. The zero-order chi connectivity index (χ0) is 24.5. The lowest BCUT2D eigenvalue weighted by Crippen LogP contribution is -2.31. The normalized spacial score (nSPS) is 13.2. The summed E-state index contributed by atoms with van der Waals surface area (Å²) >= 11 is 0. The van der Waals surface area contributed by atoms with Crippen LogP contribution in [0.5, 0.6) is 0 Å². The number of fused-ring (bicyclic) bond motifs is 1. The predicted molar refractivity (Wildman–Crippen MR) is 124 cm³/mol. The maximum absolute atomic E-state index is 11.9. The van der Waals surface area contributed by atoms with Gasteiger partial charge in [0.25, 0.3) is 11.8 Å². The standard InChI is InChI=1S/C23H28N6O5/c24-23(25)28-14-27-19(30)5-1-4-16-11-17-8-7-15(12-18(17)26-13-16)3-2-6-22(33)34-29-20(31)9-10-21(29)32/h7-8,11-13H,1-6,9-10,14H2,(H,27,30)(H4,24,25,28). The van der Waals surface area contributed by atoms with Crippen LogP contribution in [0, 0.1) is 0 Å². The van der Waals surface area contributed by atoms with Crippen LogP contribution in [0.15, 0.2) is 35.5 Å². The number of imide groups is 1. The van der Waals surface area contributed by atoms with E-state index >= 15 is 0 Å². The van der Waals surface area contributed by atoms with Gasteiger partial charge in [-0.25, -0.2) is 9.79 Å². The van der Waals surface area contributed by atoms with Crippen molar-refractivity contribution in [2.75, 3.05) is 6.67 Å². The van der Waals surface area contributed by atoms with Crippen LogP contribution in [0.2, 0.25) is 0 Å². The summed E-state index contributed by atoms with van der Waals surface area (Å²) in [5.74, 6) is -1.75. The monoisotopic (exact) mass is 468 g/mol. The predicted octanol–water partition coefficient (Wildman–Crippen LogP) is 0.835. The van der Waals surface area contributed by atoms with Crippen LogP contribution in [0.3, 0.4) is 0 Å². The minimum absolute atomic E-state index is 0.0684. The Balaban J connectivity index is 1.43. The molecular weight excluding hydrogens is 440 g/mol. The van der Waals surface area contributed by atoms with Crippen molar-refractivity contribution in [3.8, 4) is 0 Å². The van der Waals surface area contributed by atoms with Crippen LogP contribution in [-0.4, -0.2) is 46.4 Å². The van der Waals surface area contributed by atoms with E-state index in [1.54, 1.807) is 6.20 Å². The van der Waals surface area contributed by atoms with E-state index in [2.05, 4.69) is 15.3 Å². The molecule has 0 bridgehead atoms. The summed E-state index contributed by atoms with van der Waals surface area (Å²) in [6, 6.07) is 7.96. The summed E-state index contributed by atoms with van der Waals surface area (Å²) < 4.78 is 0. The van der Waals surface area contributed by atoms with Crippen LogP contribution in [0.4, 0.5) is 0 Å². The van der Waals surface area contributed by atoms with Crippen molar-refractivity contribution in [2.24, 2.45) is 16.5 Å². The van der Waals surface area contributed by atoms with Crippen molar-refractivity contribution in [3.63, 3.8) is 0 Å². The van der Waals surface area contributed by atoms with Crippen molar-refractivity contribution < 1.29 is 24.0 Å². The number of aryl methyl sites for hydroxylation is 2. The summed E-state index contributed by atoms with van der Waals surface area (Å²) in [6.07, 6.45) is 4.94. The number of nitrogens with zero attached hydrogens (tertiary/aromatic N) is 3. The first-order valence-electron chi connectivity index (χ1n) is 11.1. The van der Waals surface area contributed by atoms with Gasteiger partial charge in [-0.05, 0) is 48.9 Å². The van der Waals surface area contributed by atoms with E-state index in [-0.39, 0.29) is 37.8 Å². The van der Waals surface area contributed by atoms with Gasteiger partial charge in [0.1, 0.15) is 6.67 Å². The molecular formula is C23H28N6O5. The highest BCUT2D eigenvalue weighted by molar-refractivity contribution is 6.01. The molecule has 0 saturated carbocycles. The molecule has 11 heteroatoms. The highest BCUT2D eigenvalue weighted by atomic mass is 16.7. The molecule has 34 heavy (non-hydrogen) atoms. The summed E-state index contributed by atoms with van der Waals surface area (Å²) in [7, 11) is 0. The number of hydrogen-bond donors (Lipinski definition) is 3. The molecule has 1 aromatic heterocycles. The molecule has 3 rings (SSSR count). The first kappa shape index (κ1) is 24.6. The lowest BCUT2D eigenvalue weighted by Gasteiger charge is -2.12. The van der Waals surface area contributed by atoms with Gasteiger partial charge in [0.2, 0.25) is 5.91 Å². The van der Waals surface area contributed by atoms with Gasteiger partial charge < -0.3 is 21.6 Å². The Hall–Kier alpha value is -4.02. The van der Waals surface area contributed by atoms with Gasteiger partial charge in [-0.15, -0.1) is 5.06 Å². The van der Waals surface area contributed by atoms with Crippen LogP contribution in [0.25, 0.3) is 10.9 Å². The number of aliphatic imine (C=N–C) groups is 1. The third-order valence-corrected chi connectivity index (χ3v) is 5.26. The number of carbonyl (C=O) groups excluding carboxylic acids is 4. The van der Waals surface area contributed by atoms with E-state index in [9.17, 15) is 19.2 Å². The third-order valence-electron chi connectivity index (χ3n) is 5.26. The summed E-state index contributed by atoms with van der Waals surface area (Å²) in [6.45, 7) is 0.0695. The fraction of sp³-hybridized carbons (Fsp3) is 0.391. The smallest absolute Gasteiger partial charge is 0.333 e. The van der Waals surface area contributed by atoms with Gasteiger partial charge >= 0.3 is 5.97 Å². The first-order chi connectivity index (χ1) is 16.3. The van der Waals surface area contributed by atoms with Crippen molar-refractivity contribution in [1.82, 2.24) is 15.4 Å². The van der Waals surface area contributed by atoms with Crippen molar-refractivity contribution in [1.29, 1.82) is 0 Å². The Morgan fingerprint density at radius 3 is 2.47 bits per heavy atom. The fourth-order valence-corrected chi connectivity index (χ4v) is 3.51. The second-order valence-electron chi connectivity index (χ2n) is 7.96. The Labute approximate surface area is 196 Å². The largest absolute Gasteiger partial charge is 0.370 e. The van der Waals surface area contributed by atoms with Crippen molar-refractivity contribution in [3.05, 3.63) is 41.6 Å². The molecule has 1 aliphatic heterocycles. The molecule has 1 saturated heterocycles. The van der Waals surface area contributed by atoms with Gasteiger partial charge in [-0.2, -0.15) is 0 Å². The Morgan fingerprint density at radius 1 is 1.03 bits per heavy atom. The number of nitrogens with one attached hydrogen (secondary N) is 1. The Morgan fingerprint density at radius 2 is 1.74 bits per heavy atom. The number of rotatable bonds is 11. The minimum Gasteiger partial charge on any atom is -0.370 e. The number of nitrogens with two attached hydrogens (primary N) is 2. The quantitative estimate of drug-likeness (QED) is 0.247. The van der Waals surface area contributed by atoms with E-state index in [1.807, 2.05) is 24.3 Å². The number of benzene rings is 1. The molecule has 2 heterocycles. The number of aromatic nitrogens is 1. The van der Waals surface area contributed by atoms with Gasteiger partial charge in [-0.3, -0.25) is 19.4 Å². The van der Waals surface area contributed by atoms with Crippen molar-refractivity contribution >= 4 is 40.6 Å². The number of carbonyl (C=O) groups is 4. The molecule has 180 valence electrons. The topological polar surface area (TPSA) is 170 Å². The van der Waals surface area contributed by atoms with E-state index in [0.717, 1.165) is 22.0 Å². The molecule has 11 nitrogen and oxygen atoms in total. The van der Waals surface area contributed by atoms with Gasteiger partial charge in [-0.1, -0.05) is 12.1 Å². The fourth-order valence-electron chi connectivity index (χ4n) is 3.51. The second-order valence-corrected chi connectivity index (χ2v) is 7.96. The molecule has 0 atom stereocenters. The highest BCUT2D eigenvalue weighted by Crippen LogP contribution is 2.19.